The highest BCUT2D eigenvalue weighted by atomic mass is 16.5. The fourth-order valence-corrected chi connectivity index (χ4v) is 2.91. The van der Waals surface area contributed by atoms with Crippen LogP contribution < -0.4 is 19.5 Å². The number of amides is 1. The number of rotatable bonds is 8. The summed E-state index contributed by atoms with van der Waals surface area (Å²) < 4.78 is 16.2. The van der Waals surface area contributed by atoms with Crippen molar-refractivity contribution in [1.29, 1.82) is 5.26 Å². The van der Waals surface area contributed by atoms with Gasteiger partial charge in [-0.25, -0.2) is 0 Å². The van der Waals surface area contributed by atoms with Gasteiger partial charge in [0.1, 0.15) is 12.4 Å². The van der Waals surface area contributed by atoms with Gasteiger partial charge in [-0.3, -0.25) is 4.79 Å². The number of nitrogens with one attached hydrogen (secondary N) is 1. The van der Waals surface area contributed by atoms with E-state index in [4.69, 9.17) is 19.5 Å². The van der Waals surface area contributed by atoms with Gasteiger partial charge in [-0.1, -0.05) is 18.2 Å². The first-order chi connectivity index (χ1) is 14.6. The van der Waals surface area contributed by atoms with Gasteiger partial charge in [-0.15, -0.1) is 0 Å². The van der Waals surface area contributed by atoms with Crippen molar-refractivity contribution < 1.29 is 19.0 Å². The molecule has 0 aliphatic heterocycles. The standard InChI is InChI=1S/C24H22N2O4/c1-28-22-11-6-17(13-23(22)29-2)14-24(27)26-20-7-9-21(10-8-20)30-16-19-5-3-4-18(12-19)15-25/h3-13H,14,16H2,1-2H3,(H,26,27). The van der Waals surface area contributed by atoms with E-state index >= 15 is 0 Å². The molecule has 0 saturated carbocycles. The van der Waals surface area contributed by atoms with E-state index < -0.39 is 0 Å². The van der Waals surface area contributed by atoms with E-state index in [1.165, 1.54) is 0 Å². The molecule has 3 aromatic carbocycles. The molecule has 1 N–H and O–H groups in total. The number of benzene rings is 3. The minimum Gasteiger partial charge on any atom is -0.493 e. The normalized spacial score (nSPS) is 10.0. The van der Waals surface area contributed by atoms with Gasteiger partial charge in [-0.05, 0) is 59.7 Å². The lowest BCUT2D eigenvalue weighted by Crippen LogP contribution is -2.14. The summed E-state index contributed by atoms with van der Waals surface area (Å²) in [5.74, 6) is 1.75. The van der Waals surface area contributed by atoms with E-state index in [0.717, 1.165) is 11.1 Å². The average Bonchev–Trinajstić information content (AvgIpc) is 2.78. The number of carbonyl (C=O) groups excluding carboxylic acids is 1. The summed E-state index contributed by atoms with van der Waals surface area (Å²) in [6.45, 7) is 0.362. The Bertz CT molecular complexity index is 1060. The zero-order valence-corrected chi connectivity index (χ0v) is 16.8. The molecule has 3 aromatic rings. The van der Waals surface area contributed by atoms with Crippen LogP contribution in [-0.2, 0) is 17.8 Å². The molecule has 6 heteroatoms. The molecule has 152 valence electrons. The Kier molecular flexibility index (Phi) is 6.91. The Morgan fingerprint density at radius 1 is 0.933 bits per heavy atom. The van der Waals surface area contributed by atoms with Crippen molar-refractivity contribution in [3.05, 3.63) is 83.4 Å². The third-order valence-corrected chi connectivity index (χ3v) is 4.41. The summed E-state index contributed by atoms with van der Waals surface area (Å²) >= 11 is 0. The van der Waals surface area contributed by atoms with E-state index in [0.29, 0.717) is 35.1 Å². The molecule has 0 aliphatic rings. The van der Waals surface area contributed by atoms with Crippen LogP contribution in [0.1, 0.15) is 16.7 Å². The number of hydrogen-bond acceptors (Lipinski definition) is 5. The molecule has 6 nitrogen and oxygen atoms in total. The van der Waals surface area contributed by atoms with E-state index in [2.05, 4.69) is 11.4 Å². The van der Waals surface area contributed by atoms with Gasteiger partial charge in [0.05, 0.1) is 32.3 Å². The quantitative estimate of drug-likeness (QED) is 0.606. The summed E-state index contributed by atoms with van der Waals surface area (Å²) in [7, 11) is 3.13. The van der Waals surface area contributed by atoms with Crippen molar-refractivity contribution in [2.45, 2.75) is 13.0 Å². The Balaban J connectivity index is 1.55. The molecular formula is C24H22N2O4. The van der Waals surface area contributed by atoms with Crippen molar-refractivity contribution in [3.8, 4) is 23.3 Å². The summed E-state index contributed by atoms with van der Waals surface area (Å²) in [5.41, 5.74) is 3.02. The minimum atomic E-state index is -0.135. The minimum absolute atomic E-state index is 0.135. The van der Waals surface area contributed by atoms with Gasteiger partial charge < -0.3 is 19.5 Å². The van der Waals surface area contributed by atoms with E-state index in [9.17, 15) is 4.79 Å². The molecular weight excluding hydrogens is 380 g/mol. The van der Waals surface area contributed by atoms with Crippen LogP contribution in [0.2, 0.25) is 0 Å². The number of nitriles is 1. The molecule has 1 amide bonds. The lowest BCUT2D eigenvalue weighted by Gasteiger charge is -2.10. The SMILES string of the molecule is COc1ccc(CC(=O)Nc2ccc(OCc3cccc(C#N)c3)cc2)cc1OC. The molecule has 0 heterocycles. The van der Waals surface area contributed by atoms with Crippen LogP contribution in [0.25, 0.3) is 0 Å². The average molecular weight is 402 g/mol. The molecule has 0 unspecified atom stereocenters. The van der Waals surface area contributed by atoms with Gasteiger partial charge in [0.2, 0.25) is 5.91 Å². The van der Waals surface area contributed by atoms with E-state index in [1.807, 2.05) is 18.2 Å². The molecule has 0 aromatic heterocycles. The first kappa shape index (κ1) is 20.7. The molecule has 0 radical (unpaired) electrons. The van der Waals surface area contributed by atoms with Crippen LogP contribution in [-0.4, -0.2) is 20.1 Å². The Morgan fingerprint density at radius 3 is 2.40 bits per heavy atom. The van der Waals surface area contributed by atoms with Crippen molar-refractivity contribution in [2.75, 3.05) is 19.5 Å². The maximum atomic E-state index is 12.4. The lowest BCUT2D eigenvalue weighted by molar-refractivity contribution is -0.115. The van der Waals surface area contributed by atoms with Crippen LogP contribution in [0, 0.1) is 11.3 Å². The maximum absolute atomic E-state index is 12.4. The van der Waals surface area contributed by atoms with Crippen molar-refractivity contribution in [2.24, 2.45) is 0 Å². The van der Waals surface area contributed by atoms with Gasteiger partial charge in [0.25, 0.3) is 0 Å². The molecule has 30 heavy (non-hydrogen) atoms. The number of methoxy groups -OCH3 is 2. The summed E-state index contributed by atoms with van der Waals surface area (Å²) in [4.78, 5) is 12.4. The van der Waals surface area contributed by atoms with Crippen LogP contribution in [0.4, 0.5) is 5.69 Å². The van der Waals surface area contributed by atoms with Crippen LogP contribution in [0.5, 0.6) is 17.2 Å². The molecule has 0 spiro atoms. The fraction of sp³-hybridized carbons (Fsp3) is 0.167. The predicted molar refractivity (Wildman–Crippen MR) is 114 cm³/mol. The second-order valence-corrected chi connectivity index (χ2v) is 6.54. The Morgan fingerprint density at radius 2 is 1.70 bits per heavy atom. The largest absolute Gasteiger partial charge is 0.493 e. The van der Waals surface area contributed by atoms with Crippen molar-refractivity contribution >= 4 is 11.6 Å². The summed E-state index contributed by atoms with van der Waals surface area (Å²) in [5, 5.41) is 11.8. The molecule has 0 bridgehead atoms. The highest BCUT2D eigenvalue weighted by Crippen LogP contribution is 2.28. The number of ether oxygens (including phenoxy) is 3. The molecule has 0 fully saturated rings. The molecule has 0 atom stereocenters. The van der Waals surface area contributed by atoms with Crippen molar-refractivity contribution in [1.82, 2.24) is 0 Å². The smallest absolute Gasteiger partial charge is 0.228 e. The van der Waals surface area contributed by atoms with Gasteiger partial charge in [0, 0.05) is 5.69 Å². The topological polar surface area (TPSA) is 80.6 Å². The predicted octanol–water partition coefficient (Wildman–Crippen LogP) is 4.34. The molecule has 3 rings (SSSR count). The third kappa shape index (κ3) is 5.52. The van der Waals surface area contributed by atoms with Gasteiger partial charge >= 0.3 is 0 Å². The second-order valence-electron chi connectivity index (χ2n) is 6.54. The van der Waals surface area contributed by atoms with E-state index in [1.54, 1.807) is 62.8 Å². The molecule has 0 saturated heterocycles. The van der Waals surface area contributed by atoms with Crippen LogP contribution in [0.15, 0.2) is 66.7 Å². The van der Waals surface area contributed by atoms with Gasteiger partial charge in [0.15, 0.2) is 11.5 Å². The first-order valence-electron chi connectivity index (χ1n) is 9.34. The summed E-state index contributed by atoms with van der Waals surface area (Å²) in [6, 6.07) is 21.9. The number of carbonyl (C=O) groups is 1. The lowest BCUT2D eigenvalue weighted by atomic mass is 10.1. The van der Waals surface area contributed by atoms with E-state index in [-0.39, 0.29) is 12.3 Å². The van der Waals surface area contributed by atoms with Crippen molar-refractivity contribution in [3.63, 3.8) is 0 Å². The highest BCUT2D eigenvalue weighted by Gasteiger charge is 2.09. The van der Waals surface area contributed by atoms with Gasteiger partial charge in [-0.2, -0.15) is 5.26 Å². The first-order valence-corrected chi connectivity index (χ1v) is 9.34. The highest BCUT2D eigenvalue weighted by molar-refractivity contribution is 5.92. The maximum Gasteiger partial charge on any atom is 0.228 e. The van der Waals surface area contributed by atoms with Crippen LogP contribution in [0.3, 0.4) is 0 Å². The Labute approximate surface area is 175 Å². The molecule has 0 aliphatic carbocycles. The number of anilines is 1. The zero-order valence-electron chi connectivity index (χ0n) is 16.8. The number of hydrogen-bond donors (Lipinski definition) is 1. The Hall–Kier alpha value is -3.98. The number of nitrogens with zero attached hydrogens (tertiary/aromatic N) is 1. The zero-order chi connectivity index (χ0) is 21.3. The second kappa shape index (κ2) is 9.99. The third-order valence-electron chi connectivity index (χ3n) is 4.41. The summed E-state index contributed by atoms with van der Waals surface area (Å²) in [6.07, 6.45) is 0.216. The monoisotopic (exact) mass is 402 g/mol. The van der Waals surface area contributed by atoms with Crippen LogP contribution >= 0.6 is 0 Å². The fourth-order valence-electron chi connectivity index (χ4n) is 2.91.